The Hall–Kier alpha value is -3.24. The number of carbonyl (C=O) groups is 1. The Labute approximate surface area is 162 Å². The molecule has 0 aliphatic carbocycles. The number of benzene rings is 3. The van der Waals surface area contributed by atoms with E-state index in [2.05, 4.69) is 16.4 Å². The van der Waals surface area contributed by atoms with Crippen LogP contribution in [0.2, 0.25) is 0 Å². The van der Waals surface area contributed by atoms with Gasteiger partial charge in [-0.25, -0.2) is 4.98 Å². The van der Waals surface area contributed by atoms with Crippen LogP contribution in [0.15, 0.2) is 78.9 Å². The first kappa shape index (κ1) is 17.2. The van der Waals surface area contributed by atoms with Crippen molar-refractivity contribution >= 4 is 44.2 Å². The molecule has 0 fully saturated rings. The maximum Gasteiger partial charge on any atom is 0.258 e. The number of carbonyl (C=O) groups excluding carboxylic acids is 1. The first-order valence-electron chi connectivity index (χ1n) is 8.70. The van der Waals surface area contributed by atoms with Crippen LogP contribution < -0.4 is 5.32 Å². The van der Waals surface area contributed by atoms with Crippen molar-refractivity contribution < 1.29 is 4.79 Å². The first-order valence-corrected chi connectivity index (χ1v) is 9.51. The molecule has 0 aliphatic rings. The molecule has 4 heteroatoms. The first-order chi connectivity index (χ1) is 13.2. The lowest BCUT2D eigenvalue weighted by Crippen LogP contribution is -2.13. The molecule has 1 heterocycles. The third kappa shape index (κ3) is 3.96. The van der Waals surface area contributed by atoms with E-state index in [0.29, 0.717) is 10.7 Å². The summed E-state index contributed by atoms with van der Waals surface area (Å²) in [5.41, 5.74) is 4.53. The summed E-state index contributed by atoms with van der Waals surface area (Å²) in [6.45, 7) is 2.05. The average molecular weight is 370 g/mol. The molecule has 3 nitrogen and oxygen atoms in total. The molecule has 0 atom stereocenters. The van der Waals surface area contributed by atoms with Gasteiger partial charge in [0.05, 0.1) is 10.2 Å². The largest absolute Gasteiger partial charge is 0.298 e. The summed E-state index contributed by atoms with van der Waals surface area (Å²) >= 11 is 1.49. The average Bonchev–Trinajstić information content (AvgIpc) is 3.08. The van der Waals surface area contributed by atoms with E-state index in [-0.39, 0.29) is 5.91 Å². The fourth-order valence-electron chi connectivity index (χ4n) is 2.86. The Bertz CT molecular complexity index is 1120. The van der Waals surface area contributed by atoms with Gasteiger partial charge < -0.3 is 0 Å². The van der Waals surface area contributed by atoms with Gasteiger partial charge in [-0.2, -0.15) is 0 Å². The van der Waals surface area contributed by atoms with Crippen molar-refractivity contribution in [3.63, 3.8) is 0 Å². The van der Waals surface area contributed by atoms with E-state index in [9.17, 15) is 4.79 Å². The molecule has 0 bridgehead atoms. The highest BCUT2D eigenvalue weighted by atomic mass is 32.1. The van der Waals surface area contributed by atoms with Crippen molar-refractivity contribution in [1.82, 2.24) is 4.98 Å². The van der Waals surface area contributed by atoms with E-state index >= 15 is 0 Å². The van der Waals surface area contributed by atoms with Gasteiger partial charge in [-0.05, 0) is 41.8 Å². The molecule has 4 rings (SSSR count). The fraction of sp³-hybridized carbons (Fsp3) is 0.0435. The molecule has 1 aromatic heterocycles. The van der Waals surface area contributed by atoms with Crippen LogP contribution in [0.4, 0.5) is 5.13 Å². The highest BCUT2D eigenvalue weighted by Crippen LogP contribution is 2.28. The van der Waals surface area contributed by atoms with Gasteiger partial charge in [-0.3, -0.25) is 10.1 Å². The van der Waals surface area contributed by atoms with Crippen molar-refractivity contribution in [3.8, 4) is 0 Å². The normalized spacial score (nSPS) is 11.5. The second kappa shape index (κ2) is 7.56. The summed E-state index contributed by atoms with van der Waals surface area (Å²) in [4.78, 5) is 17.6. The third-order valence-electron chi connectivity index (χ3n) is 4.20. The SMILES string of the molecule is Cc1ccc2nc(NC(=O)/C(=C/c3ccccc3)c3ccccc3)sc2c1. The second-order valence-corrected chi connectivity index (χ2v) is 7.31. The van der Waals surface area contributed by atoms with Crippen LogP contribution in [-0.2, 0) is 4.79 Å². The Morgan fingerprint density at radius 3 is 2.41 bits per heavy atom. The van der Waals surface area contributed by atoms with E-state index in [0.717, 1.165) is 21.3 Å². The van der Waals surface area contributed by atoms with Gasteiger partial charge >= 0.3 is 0 Å². The molecular formula is C23H18N2OS. The van der Waals surface area contributed by atoms with Gasteiger partial charge in [0.25, 0.3) is 5.91 Å². The highest BCUT2D eigenvalue weighted by molar-refractivity contribution is 7.22. The van der Waals surface area contributed by atoms with Crippen LogP contribution in [0.3, 0.4) is 0 Å². The lowest BCUT2D eigenvalue weighted by Gasteiger charge is -2.08. The zero-order valence-electron chi connectivity index (χ0n) is 14.8. The van der Waals surface area contributed by atoms with Crippen molar-refractivity contribution in [2.45, 2.75) is 6.92 Å². The number of hydrogen-bond acceptors (Lipinski definition) is 3. The Morgan fingerprint density at radius 1 is 0.963 bits per heavy atom. The van der Waals surface area contributed by atoms with Gasteiger partial charge in [0.1, 0.15) is 0 Å². The summed E-state index contributed by atoms with van der Waals surface area (Å²) in [5, 5.41) is 3.58. The molecule has 0 unspecified atom stereocenters. The van der Waals surface area contributed by atoms with Crippen molar-refractivity contribution in [2.24, 2.45) is 0 Å². The van der Waals surface area contributed by atoms with Crippen molar-refractivity contribution in [2.75, 3.05) is 5.32 Å². The van der Waals surface area contributed by atoms with E-state index < -0.39 is 0 Å². The standard InChI is InChI=1S/C23H18N2OS/c1-16-12-13-20-21(14-16)27-23(24-20)25-22(26)19(18-10-6-3-7-11-18)15-17-8-4-2-5-9-17/h2-15H,1H3,(H,24,25,26)/b19-15+. The number of aryl methyl sites for hydroxylation is 1. The molecule has 27 heavy (non-hydrogen) atoms. The molecule has 0 saturated heterocycles. The van der Waals surface area contributed by atoms with Crippen LogP contribution >= 0.6 is 11.3 Å². The Balaban J connectivity index is 1.68. The van der Waals surface area contributed by atoms with E-state index in [1.807, 2.05) is 85.8 Å². The minimum Gasteiger partial charge on any atom is -0.298 e. The van der Waals surface area contributed by atoms with Gasteiger partial charge in [0.2, 0.25) is 0 Å². The smallest absolute Gasteiger partial charge is 0.258 e. The number of nitrogens with one attached hydrogen (secondary N) is 1. The topological polar surface area (TPSA) is 42.0 Å². The van der Waals surface area contributed by atoms with Crippen LogP contribution in [0, 0.1) is 6.92 Å². The predicted molar refractivity (Wildman–Crippen MR) is 114 cm³/mol. The molecular weight excluding hydrogens is 352 g/mol. The fourth-order valence-corrected chi connectivity index (χ4v) is 3.82. The molecule has 1 N–H and O–H groups in total. The summed E-state index contributed by atoms with van der Waals surface area (Å²) in [7, 11) is 0. The van der Waals surface area contributed by atoms with Crippen LogP contribution in [0.25, 0.3) is 21.9 Å². The highest BCUT2D eigenvalue weighted by Gasteiger charge is 2.14. The summed E-state index contributed by atoms with van der Waals surface area (Å²) in [6.07, 6.45) is 1.90. The lowest BCUT2D eigenvalue weighted by molar-refractivity contribution is -0.111. The molecule has 0 spiro atoms. The summed E-state index contributed by atoms with van der Waals surface area (Å²) in [5.74, 6) is -0.166. The minimum atomic E-state index is -0.166. The second-order valence-electron chi connectivity index (χ2n) is 6.28. The molecule has 0 aliphatic heterocycles. The van der Waals surface area contributed by atoms with Gasteiger partial charge in [0, 0.05) is 5.57 Å². The number of amides is 1. The Kier molecular flexibility index (Phi) is 4.81. The van der Waals surface area contributed by atoms with Crippen LogP contribution in [0.1, 0.15) is 16.7 Å². The number of nitrogens with zero attached hydrogens (tertiary/aromatic N) is 1. The zero-order valence-corrected chi connectivity index (χ0v) is 15.7. The number of rotatable bonds is 4. The van der Waals surface area contributed by atoms with E-state index in [1.165, 1.54) is 16.9 Å². The molecule has 1 amide bonds. The lowest BCUT2D eigenvalue weighted by atomic mass is 10.0. The van der Waals surface area contributed by atoms with Crippen molar-refractivity contribution in [1.29, 1.82) is 0 Å². The maximum absolute atomic E-state index is 13.0. The predicted octanol–water partition coefficient (Wildman–Crippen LogP) is 5.78. The summed E-state index contributed by atoms with van der Waals surface area (Å²) < 4.78 is 1.07. The van der Waals surface area contributed by atoms with E-state index in [1.54, 1.807) is 0 Å². The molecule has 0 saturated carbocycles. The van der Waals surface area contributed by atoms with Gasteiger partial charge in [0.15, 0.2) is 5.13 Å². The van der Waals surface area contributed by atoms with Crippen molar-refractivity contribution in [3.05, 3.63) is 95.6 Å². The summed E-state index contributed by atoms with van der Waals surface area (Å²) in [6, 6.07) is 25.6. The number of hydrogen-bond donors (Lipinski definition) is 1. The molecule has 0 radical (unpaired) electrons. The number of anilines is 1. The van der Waals surface area contributed by atoms with Gasteiger partial charge in [-0.1, -0.05) is 78.1 Å². The quantitative estimate of drug-likeness (QED) is 0.365. The third-order valence-corrected chi connectivity index (χ3v) is 5.14. The minimum absolute atomic E-state index is 0.166. The maximum atomic E-state index is 13.0. The van der Waals surface area contributed by atoms with Gasteiger partial charge in [-0.15, -0.1) is 0 Å². The number of aromatic nitrogens is 1. The number of thiazole rings is 1. The molecule has 4 aromatic rings. The molecule has 3 aromatic carbocycles. The van der Waals surface area contributed by atoms with E-state index in [4.69, 9.17) is 0 Å². The van der Waals surface area contributed by atoms with Crippen LogP contribution in [-0.4, -0.2) is 10.9 Å². The zero-order chi connectivity index (χ0) is 18.6. The van der Waals surface area contributed by atoms with Crippen LogP contribution in [0.5, 0.6) is 0 Å². The number of fused-ring (bicyclic) bond motifs is 1. The monoisotopic (exact) mass is 370 g/mol. The molecule has 132 valence electrons. The Morgan fingerprint density at radius 2 is 1.67 bits per heavy atom.